The number of anilines is 1. The molecule has 1 N–H and O–H groups in total. The van der Waals surface area contributed by atoms with Gasteiger partial charge in [0.15, 0.2) is 0 Å². The van der Waals surface area contributed by atoms with Crippen LogP contribution in [-0.4, -0.2) is 28.9 Å². The number of amides is 1. The largest absolute Gasteiger partial charge is 0.322 e. The van der Waals surface area contributed by atoms with Crippen LogP contribution >= 0.6 is 11.3 Å². The number of carbonyl (C=O) groups is 1. The number of aromatic nitrogens is 1. The van der Waals surface area contributed by atoms with Crippen LogP contribution in [0.2, 0.25) is 0 Å². The molecule has 1 atom stereocenters. The van der Waals surface area contributed by atoms with Gasteiger partial charge in [-0.3, -0.25) is 9.69 Å². The zero-order chi connectivity index (χ0) is 18.1. The number of likely N-dealkylation sites (tertiary alicyclic amines) is 1. The van der Waals surface area contributed by atoms with Crippen molar-refractivity contribution in [3.05, 3.63) is 59.1 Å². The zero-order valence-corrected chi connectivity index (χ0v) is 14.7. The molecule has 1 aliphatic rings. The molecular formula is C19H17F2N3OS. The van der Waals surface area contributed by atoms with Crippen molar-refractivity contribution in [2.45, 2.75) is 18.9 Å². The number of benzene rings is 2. The molecule has 134 valence electrons. The van der Waals surface area contributed by atoms with Crippen molar-refractivity contribution in [1.82, 2.24) is 9.88 Å². The lowest BCUT2D eigenvalue weighted by Gasteiger charge is -2.22. The molecule has 2 heterocycles. The van der Waals surface area contributed by atoms with E-state index in [1.54, 1.807) is 11.3 Å². The van der Waals surface area contributed by atoms with Crippen LogP contribution in [0.1, 0.15) is 23.9 Å². The molecule has 0 saturated carbocycles. The Morgan fingerprint density at radius 2 is 2.12 bits per heavy atom. The molecule has 1 aliphatic heterocycles. The highest BCUT2D eigenvalue weighted by Gasteiger charge is 2.30. The molecule has 1 amide bonds. The number of halogens is 2. The summed E-state index contributed by atoms with van der Waals surface area (Å²) in [5.74, 6) is -1.76. The van der Waals surface area contributed by atoms with Crippen LogP contribution in [0, 0.1) is 11.6 Å². The van der Waals surface area contributed by atoms with Crippen molar-refractivity contribution in [2.24, 2.45) is 0 Å². The summed E-state index contributed by atoms with van der Waals surface area (Å²) in [5.41, 5.74) is 0.962. The van der Waals surface area contributed by atoms with Crippen LogP contribution in [0.4, 0.5) is 14.5 Å². The maximum Gasteiger partial charge on any atom is 0.238 e. The first kappa shape index (κ1) is 17.1. The lowest BCUT2D eigenvalue weighted by atomic mass is 10.2. The Hall–Kier alpha value is -2.38. The Labute approximate surface area is 153 Å². The van der Waals surface area contributed by atoms with E-state index in [0.29, 0.717) is 0 Å². The minimum absolute atomic E-state index is 0.00728. The lowest BCUT2D eigenvalue weighted by molar-refractivity contribution is -0.117. The fourth-order valence-electron chi connectivity index (χ4n) is 3.29. The van der Waals surface area contributed by atoms with Gasteiger partial charge < -0.3 is 5.32 Å². The number of hydrogen-bond acceptors (Lipinski definition) is 4. The molecule has 0 aliphatic carbocycles. The Kier molecular flexibility index (Phi) is 4.65. The Morgan fingerprint density at radius 3 is 2.92 bits per heavy atom. The number of carbonyl (C=O) groups excluding carboxylic acids is 1. The van der Waals surface area contributed by atoms with Crippen molar-refractivity contribution in [1.29, 1.82) is 0 Å². The Balaban J connectivity index is 1.47. The molecule has 3 aromatic rings. The van der Waals surface area contributed by atoms with Gasteiger partial charge in [-0.05, 0) is 43.7 Å². The summed E-state index contributed by atoms with van der Waals surface area (Å²) in [5, 5.41) is 3.53. The van der Waals surface area contributed by atoms with Gasteiger partial charge in [0.2, 0.25) is 5.91 Å². The fourth-order valence-corrected chi connectivity index (χ4v) is 4.43. The average Bonchev–Trinajstić information content (AvgIpc) is 3.23. The molecule has 1 fully saturated rings. The van der Waals surface area contributed by atoms with E-state index in [9.17, 15) is 13.6 Å². The molecule has 2 aromatic carbocycles. The van der Waals surface area contributed by atoms with Crippen molar-refractivity contribution in [2.75, 3.05) is 18.4 Å². The minimum Gasteiger partial charge on any atom is -0.322 e. The van der Waals surface area contributed by atoms with Crippen LogP contribution in [0.25, 0.3) is 10.2 Å². The second kappa shape index (κ2) is 7.09. The first-order valence-corrected chi connectivity index (χ1v) is 9.26. The van der Waals surface area contributed by atoms with Gasteiger partial charge in [0.25, 0.3) is 0 Å². The van der Waals surface area contributed by atoms with Crippen LogP contribution < -0.4 is 5.32 Å². The number of thiazole rings is 1. The number of nitrogens with zero attached hydrogens (tertiary/aromatic N) is 2. The second-order valence-corrected chi connectivity index (χ2v) is 7.38. The summed E-state index contributed by atoms with van der Waals surface area (Å²) in [7, 11) is 0. The van der Waals surface area contributed by atoms with Crippen molar-refractivity contribution in [3.63, 3.8) is 0 Å². The monoisotopic (exact) mass is 373 g/mol. The normalized spacial score (nSPS) is 17.7. The number of para-hydroxylation sites is 1. The van der Waals surface area contributed by atoms with Crippen LogP contribution in [0.3, 0.4) is 0 Å². The Morgan fingerprint density at radius 1 is 1.27 bits per heavy atom. The third-order valence-corrected chi connectivity index (χ3v) is 5.65. The van der Waals surface area contributed by atoms with Crippen molar-refractivity contribution < 1.29 is 13.6 Å². The quantitative estimate of drug-likeness (QED) is 0.740. The highest BCUT2D eigenvalue weighted by Crippen LogP contribution is 2.36. The highest BCUT2D eigenvalue weighted by molar-refractivity contribution is 7.18. The molecule has 1 aromatic heterocycles. The second-order valence-electron chi connectivity index (χ2n) is 6.32. The van der Waals surface area contributed by atoms with Gasteiger partial charge >= 0.3 is 0 Å². The molecule has 0 bridgehead atoms. The summed E-state index contributed by atoms with van der Waals surface area (Å²) in [6.45, 7) is 0.942. The standard InChI is InChI=1S/C19H17F2N3OS/c20-12-7-8-14(13(21)10-12)22-18(25)11-24-9-3-5-16(24)19-23-15-4-1-2-6-17(15)26-19/h1-2,4,6-8,10,16H,3,5,9,11H2,(H,22,25). The van der Waals surface area contributed by atoms with E-state index in [-0.39, 0.29) is 24.2 Å². The number of nitrogens with one attached hydrogen (secondary N) is 1. The van der Waals surface area contributed by atoms with Gasteiger partial charge in [0.1, 0.15) is 16.6 Å². The molecule has 7 heteroatoms. The number of hydrogen-bond donors (Lipinski definition) is 1. The van der Waals surface area contributed by atoms with E-state index >= 15 is 0 Å². The first-order valence-electron chi connectivity index (χ1n) is 8.44. The first-order chi connectivity index (χ1) is 12.6. The molecule has 0 radical (unpaired) electrons. The molecule has 26 heavy (non-hydrogen) atoms. The third kappa shape index (κ3) is 3.45. The highest BCUT2D eigenvalue weighted by atomic mass is 32.1. The van der Waals surface area contributed by atoms with Crippen LogP contribution in [0.5, 0.6) is 0 Å². The molecule has 4 rings (SSSR count). The molecular weight excluding hydrogens is 356 g/mol. The summed E-state index contributed by atoms with van der Waals surface area (Å²) >= 11 is 1.65. The van der Waals surface area contributed by atoms with Gasteiger partial charge in [-0.25, -0.2) is 13.8 Å². The predicted octanol–water partition coefficient (Wildman–Crippen LogP) is 4.35. The third-order valence-electron chi connectivity index (χ3n) is 4.51. The number of rotatable bonds is 4. The van der Waals surface area contributed by atoms with E-state index in [2.05, 4.69) is 10.2 Å². The summed E-state index contributed by atoms with van der Waals surface area (Å²) in [4.78, 5) is 19.1. The summed E-state index contributed by atoms with van der Waals surface area (Å²) < 4.78 is 27.8. The zero-order valence-electron chi connectivity index (χ0n) is 13.9. The minimum atomic E-state index is -0.775. The van der Waals surface area contributed by atoms with Gasteiger partial charge in [0.05, 0.1) is 28.5 Å². The predicted molar refractivity (Wildman–Crippen MR) is 98.2 cm³/mol. The molecule has 1 saturated heterocycles. The summed E-state index contributed by atoms with van der Waals surface area (Å²) in [6.07, 6.45) is 1.93. The molecule has 0 spiro atoms. The van der Waals surface area contributed by atoms with Crippen molar-refractivity contribution >= 4 is 33.1 Å². The van der Waals surface area contributed by atoms with E-state index in [4.69, 9.17) is 4.98 Å². The maximum atomic E-state index is 13.7. The van der Waals surface area contributed by atoms with E-state index in [1.807, 2.05) is 24.3 Å². The maximum absolute atomic E-state index is 13.7. The fraction of sp³-hybridized carbons (Fsp3) is 0.263. The Bertz CT molecular complexity index is 926. The summed E-state index contributed by atoms with van der Waals surface area (Å²) in [6, 6.07) is 11.2. The van der Waals surface area contributed by atoms with E-state index < -0.39 is 11.6 Å². The molecule has 1 unspecified atom stereocenters. The smallest absolute Gasteiger partial charge is 0.238 e. The average molecular weight is 373 g/mol. The van der Waals surface area contributed by atoms with Gasteiger partial charge in [0, 0.05) is 6.07 Å². The number of fused-ring (bicyclic) bond motifs is 1. The van der Waals surface area contributed by atoms with Crippen LogP contribution in [-0.2, 0) is 4.79 Å². The topological polar surface area (TPSA) is 45.2 Å². The van der Waals surface area contributed by atoms with Gasteiger partial charge in [-0.1, -0.05) is 12.1 Å². The van der Waals surface area contributed by atoms with Crippen LogP contribution in [0.15, 0.2) is 42.5 Å². The SMILES string of the molecule is O=C(CN1CCCC1c1nc2ccccc2s1)Nc1ccc(F)cc1F. The van der Waals surface area contributed by atoms with Gasteiger partial charge in [-0.2, -0.15) is 0 Å². The molecule has 4 nitrogen and oxygen atoms in total. The lowest BCUT2D eigenvalue weighted by Crippen LogP contribution is -2.33. The van der Waals surface area contributed by atoms with E-state index in [0.717, 1.165) is 46.7 Å². The van der Waals surface area contributed by atoms with E-state index in [1.165, 1.54) is 6.07 Å². The van der Waals surface area contributed by atoms with Crippen molar-refractivity contribution in [3.8, 4) is 0 Å². The van der Waals surface area contributed by atoms with Gasteiger partial charge in [-0.15, -0.1) is 11.3 Å².